The van der Waals surface area contributed by atoms with Crippen molar-refractivity contribution in [2.75, 3.05) is 0 Å². The summed E-state index contributed by atoms with van der Waals surface area (Å²) in [5.74, 6) is 0.118. The van der Waals surface area contributed by atoms with E-state index in [0.29, 0.717) is 16.6 Å². The van der Waals surface area contributed by atoms with Gasteiger partial charge in [0, 0.05) is 12.4 Å². The van der Waals surface area contributed by atoms with Crippen molar-refractivity contribution >= 4 is 23.3 Å². The molecule has 0 aliphatic heterocycles. The number of pyridine rings is 1. The number of aliphatic hydroxyl groups is 1. The van der Waals surface area contributed by atoms with Crippen molar-refractivity contribution < 1.29 is 9.90 Å². The number of hydrogen-bond acceptors (Lipinski definition) is 4. The predicted molar refractivity (Wildman–Crippen MR) is 115 cm³/mol. The van der Waals surface area contributed by atoms with Crippen molar-refractivity contribution in [3.63, 3.8) is 0 Å². The Hall–Kier alpha value is -2.25. The van der Waals surface area contributed by atoms with Gasteiger partial charge in [-0.15, -0.1) is 0 Å². The van der Waals surface area contributed by atoms with Crippen LogP contribution in [0.1, 0.15) is 63.4 Å². The van der Waals surface area contributed by atoms with Gasteiger partial charge in [-0.05, 0) is 51.2 Å². The first kappa shape index (κ1) is 23.0. The minimum absolute atomic E-state index is 0.259. The fourth-order valence-corrected chi connectivity index (χ4v) is 3.30. The van der Waals surface area contributed by atoms with E-state index in [4.69, 9.17) is 17.3 Å². The number of aliphatic imine (C=N–C) groups is 1. The highest BCUT2D eigenvalue weighted by Crippen LogP contribution is 2.47. The molecule has 0 aromatic carbocycles. The number of rotatable bonds is 6. The summed E-state index contributed by atoms with van der Waals surface area (Å²) in [5.41, 5.74) is 6.03. The van der Waals surface area contributed by atoms with Gasteiger partial charge in [0.1, 0.15) is 11.0 Å². The van der Waals surface area contributed by atoms with E-state index < -0.39 is 16.9 Å². The average molecular weight is 420 g/mol. The molecule has 0 spiro atoms. The number of hydrogen-bond donors (Lipinski definition) is 2. The van der Waals surface area contributed by atoms with E-state index in [0.717, 1.165) is 18.4 Å². The van der Waals surface area contributed by atoms with E-state index in [9.17, 15) is 9.90 Å². The van der Waals surface area contributed by atoms with Crippen LogP contribution in [0.4, 0.5) is 0 Å². The van der Waals surface area contributed by atoms with Crippen LogP contribution in [0.25, 0.3) is 0 Å². The van der Waals surface area contributed by atoms with E-state index in [1.165, 1.54) is 10.9 Å². The molecule has 1 aliphatic rings. The summed E-state index contributed by atoms with van der Waals surface area (Å²) in [7, 11) is 0. The average Bonchev–Trinajstić information content (AvgIpc) is 3.42. The van der Waals surface area contributed by atoms with Crippen LogP contribution in [0.2, 0.25) is 5.15 Å². The molecule has 1 atom stereocenters. The quantitative estimate of drug-likeness (QED) is 0.422. The van der Waals surface area contributed by atoms with Crippen molar-refractivity contribution in [3.8, 4) is 0 Å². The normalized spacial score (nSPS) is 16.6. The van der Waals surface area contributed by atoms with Crippen LogP contribution < -0.4 is 5.73 Å². The maximum atomic E-state index is 12.6. The number of nitrogens with zero attached hydrogens (tertiary/aromatic N) is 4. The van der Waals surface area contributed by atoms with E-state index >= 15 is 0 Å². The van der Waals surface area contributed by atoms with Gasteiger partial charge in [0.25, 0.3) is 5.91 Å². The van der Waals surface area contributed by atoms with Gasteiger partial charge in [0.15, 0.2) is 0 Å². The Balaban J connectivity index is 0.00000145. The van der Waals surface area contributed by atoms with Crippen LogP contribution in [-0.4, -0.2) is 37.2 Å². The van der Waals surface area contributed by atoms with Gasteiger partial charge in [0.05, 0.1) is 29.3 Å². The molecule has 1 saturated carbocycles. The molecule has 1 aliphatic carbocycles. The maximum absolute atomic E-state index is 12.6. The Morgan fingerprint density at radius 2 is 1.97 bits per heavy atom. The Morgan fingerprint density at radius 3 is 2.48 bits per heavy atom. The van der Waals surface area contributed by atoms with E-state index in [1.54, 1.807) is 32.3 Å². The van der Waals surface area contributed by atoms with Crippen LogP contribution >= 0.6 is 11.6 Å². The highest BCUT2D eigenvalue weighted by atomic mass is 35.5. The van der Waals surface area contributed by atoms with E-state index in [2.05, 4.69) is 15.1 Å². The molecule has 29 heavy (non-hydrogen) atoms. The Kier molecular flexibility index (Phi) is 7.19. The number of aromatic nitrogens is 3. The molecular formula is C21H30ClN5O2. The molecule has 1 amide bonds. The van der Waals surface area contributed by atoms with E-state index in [1.807, 2.05) is 26.8 Å². The molecular weight excluding hydrogens is 390 g/mol. The summed E-state index contributed by atoms with van der Waals surface area (Å²) in [5, 5.41) is 14.4. The zero-order chi connectivity index (χ0) is 21.8. The van der Waals surface area contributed by atoms with Crippen molar-refractivity contribution in [3.05, 3.63) is 47.0 Å². The van der Waals surface area contributed by atoms with Crippen molar-refractivity contribution in [1.82, 2.24) is 14.8 Å². The monoisotopic (exact) mass is 419 g/mol. The smallest absolute Gasteiger partial charge is 0.281 e. The molecule has 2 aromatic heterocycles. The fraction of sp³-hybridized carbons (Fsp3) is 0.524. The second-order valence-electron chi connectivity index (χ2n) is 7.89. The molecule has 0 radical (unpaired) electrons. The molecule has 2 aromatic rings. The predicted octanol–water partition coefficient (Wildman–Crippen LogP) is 3.59. The largest absolute Gasteiger partial charge is 0.389 e. The number of carbonyl (C=O) groups excluding carboxylic acids is 1. The molecule has 1 fully saturated rings. The minimum Gasteiger partial charge on any atom is -0.389 e. The fourth-order valence-electron chi connectivity index (χ4n) is 3.18. The molecule has 158 valence electrons. The molecule has 8 heteroatoms. The van der Waals surface area contributed by atoms with Crippen molar-refractivity contribution in [2.45, 2.75) is 65.0 Å². The molecule has 0 bridgehead atoms. The summed E-state index contributed by atoms with van der Waals surface area (Å²) in [4.78, 5) is 20.9. The molecule has 1 unspecified atom stereocenters. The van der Waals surface area contributed by atoms with E-state index in [-0.39, 0.29) is 12.4 Å². The van der Waals surface area contributed by atoms with Gasteiger partial charge in [-0.2, -0.15) is 10.1 Å². The lowest BCUT2D eigenvalue weighted by molar-refractivity contribution is 0.0576. The summed E-state index contributed by atoms with van der Waals surface area (Å²) >= 11 is 5.90. The maximum Gasteiger partial charge on any atom is 0.281 e. The van der Waals surface area contributed by atoms with Crippen LogP contribution in [0, 0.1) is 5.92 Å². The highest BCUT2D eigenvalue weighted by molar-refractivity contribution is 6.29. The number of nitrogens with two attached hydrogens (primary N) is 1. The van der Waals surface area contributed by atoms with Crippen LogP contribution in [-0.2, 0) is 12.0 Å². The Bertz CT molecular complexity index is 866. The number of amidine groups is 1. The second kappa shape index (κ2) is 9.05. The molecule has 7 nitrogen and oxygen atoms in total. The number of amides is 1. The topological polar surface area (TPSA) is 106 Å². The number of carbonyl (C=O) groups is 1. The third kappa shape index (κ3) is 5.64. The van der Waals surface area contributed by atoms with Gasteiger partial charge in [-0.25, -0.2) is 4.98 Å². The zero-order valence-corrected chi connectivity index (χ0v) is 18.4. The van der Waals surface area contributed by atoms with Crippen LogP contribution in [0.3, 0.4) is 0 Å². The van der Waals surface area contributed by atoms with Gasteiger partial charge in [0.2, 0.25) is 0 Å². The van der Waals surface area contributed by atoms with Gasteiger partial charge in [-0.3, -0.25) is 9.48 Å². The highest BCUT2D eigenvalue weighted by Gasteiger charge is 2.46. The summed E-state index contributed by atoms with van der Waals surface area (Å²) in [6.07, 6.45) is 6.73. The minimum atomic E-state index is -0.930. The Labute approximate surface area is 177 Å². The lowest BCUT2D eigenvalue weighted by Crippen LogP contribution is -2.41. The standard InChI is InChI=1S/C19H24ClN5O2.C2H6/c1-18(2,27)11-25-10-12(8-23-25)16(26)24-17(21)19(3,13-4-5-13)14-6-7-15(20)22-9-14;1-2/h6-10,13,27H,4-5,11H2,1-3H3,(H2,21,24,26);1-2H3. The van der Waals surface area contributed by atoms with Crippen LogP contribution in [0.5, 0.6) is 0 Å². The summed E-state index contributed by atoms with van der Waals surface area (Å²) < 4.78 is 1.52. The molecule has 3 N–H and O–H groups in total. The van der Waals surface area contributed by atoms with Gasteiger partial charge in [-0.1, -0.05) is 31.5 Å². The SMILES string of the molecule is CC.CC(C)(O)Cn1cc(C(=O)N=C(N)C(C)(c2ccc(Cl)nc2)C2CC2)cn1. The third-order valence-electron chi connectivity index (χ3n) is 4.90. The Morgan fingerprint density at radius 1 is 1.31 bits per heavy atom. The van der Waals surface area contributed by atoms with Crippen molar-refractivity contribution in [1.29, 1.82) is 0 Å². The summed E-state index contributed by atoms with van der Waals surface area (Å²) in [6.45, 7) is 9.61. The summed E-state index contributed by atoms with van der Waals surface area (Å²) in [6, 6.07) is 3.59. The third-order valence-corrected chi connectivity index (χ3v) is 5.13. The first-order chi connectivity index (χ1) is 13.6. The second-order valence-corrected chi connectivity index (χ2v) is 8.27. The lowest BCUT2D eigenvalue weighted by atomic mass is 9.77. The molecule has 3 rings (SSSR count). The van der Waals surface area contributed by atoms with Gasteiger partial charge >= 0.3 is 0 Å². The lowest BCUT2D eigenvalue weighted by Gasteiger charge is -2.29. The van der Waals surface area contributed by atoms with Crippen molar-refractivity contribution in [2.24, 2.45) is 16.6 Å². The van der Waals surface area contributed by atoms with Crippen LogP contribution in [0.15, 0.2) is 35.7 Å². The first-order valence-corrected chi connectivity index (χ1v) is 10.2. The molecule has 0 saturated heterocycles. The molecule has 2 heterocycles. The zero-order valence-electron chi connectivity index (χ0n) is 17.7. The van der Waals surface area contributed by atoms with Gasteiger partial charge < -0.3 is 10.8 Å². The first-order valence-electron chi connectivity index (χ1n) is 9.85. The number of halogens is 1.